The summed E-state index contributed by atoms with van der Waals surface area (Å²) in [6.07, 6.45) is 0.549. The maximum absolute atomic E-state index is 13.7. The minimum atomic E-state index is -0.389. The molecule has 0 aliphatic rings. The second-order valence-corrected chi connectivity index (χ2v) is 6.18. The number of methoxy groups -OCH3 is 1. The molecule has 144 valence electrons. The third kappa shape index (κ3) is 5.03. The number of hydrogen-bond acceptors (Lipinski definition) is 6. The number of carbonyl (C=O) groups excluding carboxylic acids is 1. The molecule has 0 spiro atoms. The Bertz CT molecular complexity index is 961. The molecule has 0 unspecified atom stereocenters. The maximum Gasteiger partial charge on any atom is 0.337 e. The Hall–Kier alpha value is -3.48. The predicted molar refractivity (Wildman–Crippen MR) is 106 cm³/mol. The van der Waals surface area contributed by atoms with Crippen LogP contribution in [0.4, 0.5) is 21.8 Å². The minimum Gasteiger partial charge on any atom is -0.465 e. The normalized spacial score (nSPS) is 10.4. The van der Waals surface area contributed by atoms with Crippen LogP contribution in [-0.4, -0.2) is 29.6 Å². The monoisotopic (exact) mass is 380 g/mol. The molecule has 0 aliphatic carbocycles. The number of nitrogens with one attached hydrogen (secondary N) is 2. The standard InChI is InChI=1S/C21H21FN4O2/c1-14-13-19(23-12-11-15-5-3-4-6-18(15)22)26-21(24-14)25-17-9-7-16(8-10-17)20(27)28-2/h3-10,13H,11-12H2,1-2H3,(H2,23,24,25,26). The molecule has 0 aliphatic heterocycles. The van der Waals surface area contributed by atoms with Gasteiger partial charge < -0.3 is 15.4 Å². The van der Waals surface area contributed by atoms with E-state index in [-0.39, 0.29) is 11.8 Å². The van der Waals surface area contributed by atoms with Gasteiger partial charge in [0, 0.05) is 24.0 Å². The number of carbonyl (C=O) groups is 1. The zero-order chi connectivity index (χ0) is 19.9. The van der Waals surface area contributed by atoms with Gasteiger partial charge in [-0.3, -0.25) is 0 Å². The lowest BCUT2D eigenvalue weighted by Gasteiger charge is -2.10. The number of anilines is 3. The number of hydrogen-bond donors (Lipinski definition) is 2. The van der Waals surface area contributed by atoms with E-state index in [9.17, 15) is 9.18 Å². The van der Waals surface area contributed by atoms with Crippen LogP contribution in [0, 0.1) is 12.7 Å². The van der Waals surface area contributed by atoms with E-state index in [0.717, 1.165) is 11.4 Å². The molecule has 3 rings (SSSR count). The Morgan fingerprint density at radius 3 is 2.57 bits per heavy atom. The van der Waals surface area contributed by atoms with Crippen LogP contribution >= 0.6 is 0 Å². The van der Waals surface area contributed by atoms with Crippen LogP contribution in [0.5, 0.6) is 0 Å². The number of esters is 1. The molecule has 0 amide bonds. The van der Waals surface area contributed by atoms with Gasteiger partial charge in [0.05, 0.1) is 12.7 Å². The fourth-order valence-electron chi connectivity index (χ4n) is 2.68. The average Bonchev–Trinajstić information content (AvgIpc) is 2.69. The lowest BCUT2D eigenvalue weighted by Crippen LogP contribution is -2.09. The lowest BCUT2D eigenvalue weighted by atomic mass is 10.1. The zero-order valence-corrected chi connectivity index (χ0v) is 15.7. The second-order valence-electron chi connectivity index (χ2n) is 6.18. The van der Waals surface area contributed by atoms with Crippen LogP contribution in [0.2, 0.25) is 0 Å². The highest BCUT2D eigenvalue weighted by Gasteiger charge is 2.07. The number of rotatable bonds is 7. The molecule has 0 saturated heterocycles. The Labute approximate surface area is 162 Å². The molecule has 0 fully saturated rings. The van der Waals surface area contributed by atoms with Gasteiger partial charge in [-0.05, 0) is 49.2 Å². The Balaban J connectivity index is 1.64. The number of aryl methyl sites for hydroxylation is 1. The third-order valence-electron chi connectivity index (χ3n) is 4.07. The van der Waals surface area contributed by atoms with E-state index in [1.54, 1.807) is 36.4 Å². The van der Waals surface area contributed by atoms with E-state index >= 15 is 0 Å². The fraction of sp³-hybridized carbons (Fsp3) is 0.190. The van der Waals surface area contributed by atoms with Gasteiger partial charge in [0.2, 0.25) is 5.95 Å². The molecular formula is C21H21FN4O2. The van der Waals surface area contributed by atoms with E-state index in [1.165, 1.54) is 13.2 Å². The minimum absolute atomic E-state index is 0.207. The van der Waals surface area contributed by atoms with Gasteiger partial charge in [0.1, 0.15) is 11.6 Å². The summed E-state index contributed by atoms with van der Waals surface area (Å²) >= 11 is 0. The van der Waals surface area contributed by atoms with E-state index < -0.39 is 0 Å². The first-order valence-electron chi connectivity index (χ1n) is 8.83. The van der Waals surface area contributed by atoms with Crippen molar-refractivity contribution in [2.45, 2.75) is 13.3 Å². The van der Waals surface area contributed by atoms with Crippen LogP contribution < -0.4 is 10.6 Å². The van der Waals surface area contributed by atoms with Crippen molar-refractivity contribution in [3.8, 4) is 0 Å². The Morgan fingerprint density at radius 1 is 1.11 bits per heavy atom. The molecule has 0 radical (unpaired) electrons. The van der Waals surface area contributed by atoms with Gasteiger partial charge in [0.25, 0.3) is 0 Å². The molecule has 2 aromatic carbocycles. The highest BCUT2D eigenvalue weighted by Crippen LogP contribution is 2.17. The summed E-state index contributed by atoms with van der Waals surface area (Å²) in [7, 11) is 1.34. The van der Waals surface area contributed by atoms with E-state index in [0.29, 0.717) is 35.9 Å². The Morgan fingerprint density at radius 2 is 1.86 bits per heavy atom. The number of benzene rings is 2. The first-order chi connectivity index (χ1) is 13.5. The van der Waals surface area contributed by atoms with Gasteiger partial charge in [0.15, 0.2) is 0 Å². The van der Waals surface area contributed by atoms with Crippen LogP contribution in [0.1, 0.15) is 21.6 Å². The van der Waals surface area contributed by atoms with Crippen molar-refractivity contribution in [3.05, 3.63) is 77.2 Å². The van der Waals surface area contributed by atoms with Crippen molar-refractivity contribution in [2.24, 2.45) is 0 Å². The number of ether oxygens (including phenoxy) is 1. The summed E-state index contributed by atoms with van der Waals surface area (Å²) in [6.45, 7) is 2.42. The molecule has 6 nitrogen and oxygen atoms in total. The predicted octanol–water partition coefficient (Wildman–Crippen LogP) is 4.11. The summed E-state index contributed by atoms with van der Waals surface area (Å²) in [5, 5.41) is 6.31. The number of nitrogens with zero attached hydrogens (tertiary/aromatic N) is 2. The van der Waals surface area contributed by atoms with Gasteiger partial charge in [-0.1, -0.05) is 18.2 Å². The first kappa shape index (κ1) is 19.3. The number of aromatic nitrogens is 2. The molecule has 0 atom stereocenters. The molecule has 1 heterocycles. The van der Waals surface area contributed by atoms with Crippen molar-refractivity contribution >= 4 is 23.4 Å². The van der Waals surface area contributed by atoms with Gasteiger partial charge in [-0.25, -0.2) is 14.2 Å². The summed E-state index contributed by atoms with van der Waals surface area (Å²) in [5.74, 6) is 0.484. The van der Waals surface area contributed by atoms with Crippen LogP contribution in [0.25, 0.3) is 0 Å². The van der Waals surface area contributed by atoms with E-state index in [4.69, 9.17) is 0 Å². The van der Waals surface area contributed by atoms with Crippen molar-refractivity contribution in [3.63, 3.8) is 0 Å². The summed E-state index contributed by atoms with van der Waals surface area (Å²) in [5.41, 5.74) is 2.66. The van der Waals surface area contributed by atoms with Crippen LogP contribution in [0.3, 0.4) is 0 Å². The van der Waals surface area contributed by atoms with Gasteiger partial charge in [-0.15, -0.1) is 0 Å². The average molecular weight is 380 g/mol. The molecule has 3 aromatic rings. The van der Waals surface area contributed by atoms with E-state index in [2.05, 4.69) is 25.3 Å². The summed E-state index contributed by atoms with van der Waals surface area (Å²) in [6, 6.07) is 15.4. The fourth-order valence-corrected chi connectivity index (χ4v) is 2.68. The summed E-state index contributed by atoms with van der Waals surface area (Å²) < 4.78 is 18.4. The third-order valence-corrected chi connectivity index (χ3v) is 4.07. The largest absolute Gasteiger partial charge is 0.465 e. The first-order valence-corrected chi connectivity index (χ1v) is 8.83. The van der Waals surface area contributed by atoms with Crippen molar-refractivity contribution in [2.75, 3.05) is 24.3 Å². The topological polar surface area (TPSA) is 76.1 Å². The number of halogens is 1. The maximum atomic E-state index is 13.7. The van der Waals surface area contributed by atoms with Crippen LogP contribution in [0.15, 0.2) is 54.6 Å². The van der Waals surface area contributed by atoms with Crippen molar-refractivity contribution < 1.29 is 13.9 Å². The highest BCUT2D eigenvalue weighted by molar-refractivity contribution is 5.89. The van der Waals surface area contributed by atoms with Crippen LogP contribution in [-0.2, 0) is 11.2 Å². The molecule has 0 saturated carbocycles. The smallest absolute Gasteiger partial charge is 0.337 e. The quantitative estimate of drug-likeness (QED) is 0.601. The van der Waals surface area contributed by atoms with E-state index in [1.807, 2.05) is 19.1 Å². The van der Waals surface area contributed by atoms with Crippen molar-refractivity contribution in [1.82, 2.24) is 9.97 Å². The molecule has 28 heavy (non-hydrogen) atoms. The molecule has 2 N–H and O–H groups in total. The molecule has 7 heteroatoms. The molecule has 0 bridgehead atoms. The molecular weight excluding hydrogens is 359 g/mol. The van der Waals surface area contributed by atoms with Gasteiger partial charge in [-0.2, -0.15) is 4.98 Å². The Kier molecular flexibility index (Phi) is 6.16. The zero-order valence-electron chi connectivity index (χ0n) is 15.7. The van der Waals surface area contributed by atoms with Gasteiger partial charge >= 0.3 is 5.97 Å². The summed E-state index contributed by atoms with van der Waals surface area (Å²) in [4.78, 5) is 20.3. The molecule has 1 aromatic heterocycles. The SMILES string of the molecule is COC(=O)c1ccc(Nc2nc(C)cc(NCCc3ccccc3F)n2)cc1. The van der Waals surface area contributed by atoms with Crippen molar-refractivity contribution in [1.29, 1.82) is 0 Å². The highest BCUT2D eigenvalue weighted by atomic mass is 19.1. The second kappa shape index (κ2) is 8.94. The lowest BCUT2D eigenvalue weighted by molar-refractivity contribution is 0.0601.